The Hall–Kier alpha value is -3.73. The van der Waals surface area contributed by atoms with Gasteiger partial charge >= 0.3 is 6.03 Å². The Bertz CT molecular complexity index is 1260. The van der Waals surface area contributed by atoms with Gasteiger partial charge in [0.25, 0.3) is 6.47 Å². The number of carboxylic acid groups (broad SMARTS) is 1. The van der Waals surface area contributed by atoms with Gasteiger partial charge in [-0.15, -0.1) is 0 Å². The molecule has 0 bridgehead atoms. The Balaban J connectivity index is 0.000000764. The van der Waals surface area contributed by atoms with Crippen LogP contribution in [0.25, 0.3) is 5.65 Å². The number of urea groups is 1. The van der Waals surface area contributed by atoms with E-state index < -0.39 is 5.82 Å². The van der Waals surface area contributed by atoms with Gasteiger partial charge in [-0.1, -0.05) is 0 Å². The number of hydrogen-bond donors (Lipinski definition) is 3. The number of imidazole rings is 1. The molecule has 3 aliphatic rings. The van der Waals surface area contributed by atoms with Crippen molar-refractivity contribution in [2.75, 3.05) is 41.3 Å². The van der Waals surface area contributed by atoms with Crippen molar-refractivity contribution in [1.29, 1.82) is 0 Å². The third-order valence-corrected chi connectivity index (χ3v) is 6.54. The van der Waals surface area contributed by atoms with Gasteiger partial charge < -0.3 is 25.0 Å². The van der Waals surface area contributed by atoms with Gasteiger partial charge in [0, 0.05) is 67.6 Å². The molecule has 0 radical (unpaired) electrons. The fourth-order valence-corrected chi connectivity index (χ4v) is 4.85. The zero-order chi connectivity index (χ0) is 23.9. The van der Waals surface area contributed by atoms with E-state index in [9.17, 15) is 9.18 Å². The first kappa shape index (κ1) is 22.1. The monoisotopic (exact) mass is 467 g/mol. The highest BCUT2D eigenvalue weighted by atomic mass is 19.1. The minimum atomic E-state index is -0.471. The van der Waals surface area contributed by atoms with Crippen LogP contribution in [0.3, 0.4) is 0 Å². The highest BCUT2D eigenvalue weighted by molar-refractivity contribution is 6.03. The van der Waals surface area contributed by atoms with Crippen molar-refractivity contribution in [3.63, 3.8) is 0 Å². The summed E-state index contributed by atoms with van der Waals surface area (Å²) in [5.74, 6) is 0.222. The molecule has 178 valence electrons. The lowest BCUT2D eigenvalue weighted by atomic mass is 10.1. The van der Waals surface area contributed by atoms with Crippen LogP contribution < -0.4 is 20.4 Å². The summed E-state index contributed by atoms with van der Waals surface area (Å²) >= 11 is 0. The van der Waals surface area contributed by atoms with Crippen LogP contribution in [0.2, 0.25) is 0 Å². The number of anilines is 3. The Morgan fingerprint density at radius 3 is 2.88 bits per heavy atom. The molecule has 0 aromatic carbocycles. The van der Waals surface area contributed by atoms with E-state index in [1.165, 1.54) is 24.6 Å². The maximum Gasteiger partial charge on any atom is 0.327 e. The smallest absolute Gasteiger partial charge is 0.327 e. The van der Waals surface area contributed by atoms with Crippen LogP contribution in [-0.2, 0) is 11.2 Å². The second-order valence-electron chi connectivity index (χ2n) is 8.89. The van der Waals surface area contributed by atoms with Gasteiger partial charge in [-0.2, -0.15) is 0 Å². The highest BCUT2D eigenvalue weighted by Crippen LogP contribution is 2.41. The van der Waals surface area contributed by atoms with Crippen molar-refractivity contribution < 1.29 is 19.1 Å². The molecule has 3 aromatic rings. The average Bonchev–Trinajstić information content (AvgIpc) is 3.22. The largest absolute Gasteiger partial charge is 0.483 e. The summed E-state index contributed by atoms with van der Waals surface area (Å²) in [6.45, 7) is 5.03. The molecule has 3 aromatic heterocycles. The first-order valence-corrected chi connectivity index (χ1v) is 11.2. The lowest BCUT2D eigenvalue weighted by Gasteiger charge is -2.36. The second-order valence-corrected chi connectivity index (χ2v) is 8.89. The SMILES string of the molecule is Cc1cn2cc(NC(=O)N3CCc4c(N5CCNC6(CC6)C5)ccnc43)cc(F)c2n1.O=CO. The van der Waals surface area contributed by atoms with Crippen molar-refractivity contribution in [2.24, 2.45) is 0 Å². The number of amides is 2. The van der Waals surface area contributed by atoms with Crippen LogP contribution in [0, 0.1) is 12.7 Å². The van der Waals surface area contributed by atoms with E-state index in [0.717, 1.165) is 31.6 Å². The lowest BCUT2D eigenvalue weighted by Crippen LogP contribution is -2.52. The van der Waals surface area contributed by atoms with Gasteiger partial charge in [0.1, 0.15) is 5.82 Å². The molecule has 1 saturated heterocycles. The minimum Gasteiger partial charge on any atom is -0.483 e. The van der Waals surface area contributed by atoms with Crippen molar-refractivity contribution in [1.82, 2.24) is 19.7 Å². The van der Waals surface area contributed by atoms with Gasteiger partial charge in [0.15, 0.2) is 11.5 Å². The van der Waals surface area contributed by atoms with E-state index in [-0.39, 0.29) is 23.7 Å². The molecule has 2 amide bonds. The number of pyridine rings is 2. The number of nitrogens with one attached hydrogen (secondary N) is 2. The lowest BCUT2D eigenvalue weighted by molar-refractivity contribution is -0.122. The van der Waals surface area contributed by atoms with Crippen LogP contribution >= 0.6 is 0 Å². The van der Waals surface area contributed by atoms with Crippen LogP contribution in [0.4, 0.5) is 26.4 Å². The van der Waals surface area contributed by atoms with Gasteiger partial charge in [-0.25, -0.2) is 19.2 Å². The number of halogens is 1. The molecule has 1 aliphatic carbocycles. The van der Waals surface area contributed by atoms with Crippen LogP contribution in [0.5, 0.6) is 0 Å². The predicted molar refractivity (Wildman–Crippen MR) is 125 cm³/mol. The summed E-state index contributed by atoms with van der Waals surface area (Å²) in [5.41, 5.74) is 3.91. The van der Waals surface area contributed by atoms with Crippen LogP contribution in [-0.4, -0.2) is 63.7 Å². The van der Waals surface area contributed by atoms with Gasteiger partial charge in [-0.3, -0.25) is 9.69 Å². The molecule has 0 atom stereocenters. The number of rotatable bonds is 2. The number of hydrogen-bond acceptors (Lipinski definition) is 6. The summed E-state index contributed by atoms with van der Waals surface area (Å²) in [7, 11) is 0. The normalized spacial score (nSPS) is 17.8. The predicted octanol–water partition coefficient (Wildman–Crippen LogP) is 2.41. The topological polar surface area (TPSA) is 115 Å². The number of nitrogens with zero attached hydrogens (tertiary/aromatic N) is 5. The Morgan fingerprint density at radius 1 is 1.32 bits per heavy atom. The summed E-state index contributed by atoms with van der Waals surface area (Å²) in [6.07, 6.45) is 8.39. The van der Waals surface area contributed by atoms with E-state index in [1.807, 2.05) is 0 Å². The van der Waals surface area contributed by atoms with E-state index in [0.29, 0.717) is 23.7 Å². The van der Waals surface area contributed by atoms with E-state index in [2.05, 4.69) is 31.6 Å². The van der Waals surface area contributed by atoms with Crippen molar-refractivity contribution in [2.45, 2.75) is 31.7 Å². The van der Waals surface area contributed by atoms with Crippen LogP contribution in [0.15, 0.2) is 30.7 Å². The number of fused-ring (bicyclic) bond motifs is 2. The maximum absolute atomic E-state index is 14.4. The summed E-state index contributed by atoms with van der Waals surface area (Å²) in [5, 5.41) is 13.4. The van der Waals surface area contributed by atoms with Gasteiger partial charge in [-0.05, 0) is 32.3 Å². The van der Waals surface area contributed by atoms with Crippen molar-refractivity contribution in [3.05, 3.63) is 47.8 Å². The molecule has 2 fully saturated rings. The molecule has 2 aliphatic heterocycles. The number of carbonyl (C=O) groups is 2. The molecular weight excluding hydrogens is 441 g/mol. The molecule has 3 N–H and O–H groups in total. The summed E-state index contributed by atoms with van der Waals surface area (Å²) in [4.78, 5) is 34.1. The molecule has 1 saturated carbocycles. The number of piperazine rings is 1. The second kappa shape index (κ2) is 8.56. The first-order valence-electron chi connectivity index (χ1n) is 11.2. The van der Waals surface area contributed by atoms with E-state index in [4.69, 9.17) is 9.90 Å². The minimum absolute atomic E-state index is 0.248. The van der Waals surface area contributed by atoms with Crippen LogP contribution in [0.1, 0.15) is 24.1 Å². The Labute approximate surface area is 195 Å². The summed E-state index contributed by atoms with van der Waals surface area (Å²) < 4.78 is 16.0. The van der Waals surface area contributed by atoms with Gasteiger partial charge in [0.2, 0.25) is 0 Å². The molecular formula is C23H26FN7O3. The number of aryl methyl sites for hydroxylation is 1. The summed E-state index contributed by atoms with van der Waals surface area (Å²) in [6, 6.07) is 3.06. The Kier molecular flexibility index (Phi) is 5.56. The maximum atomic E-state index is 14.4. The molecule has 6 rings (SSSR count). The third-order valence-electron chi connectivity index (χ3n) is 6.54. The molecule has 10 nitrogen and oxygen atoms in total. The van der Waals surface area contributed by atoms with Crippen molar-refractivity contribution >= 4 is 35.3 Å². The zero-order valence-corrected chi connectivity index (χ0v) is 18.8. The number of aromatic nitrogens is 3. The zero-order valence-electron chi connectivity index (χ0n) is 18.8. The molecule has 1 spiro atoms. The fraction of sp³-hybridized carbons (Fsp3) is 0.391. The molecule has 5 heterocycles. The average molecular weight is 468 g/mol. The molecule has 34 heavy (non-hydrogen) atoms. The molecule has 0 unspecified atom stereocenters. The quantitative estimate of drug-likeness (QED) is 0.496. The van der Waals surface area contributed by atoms with E-state index in [1.54, 1.807) is 34.8 Å². The van der Waals surface area contributed by atoms with E-state index >= 15 is 0 Å². The standard InChI is InChI=1S/C22H24FN7O.CH2O2/c1-14-11-29-12-15(10-17(23)20(29)26-14)27-21(31)30-8-3-16-18(2-6-24-19(16)30)28-9-7-25-22(13-28)4-5-22;2-1-3/h2,6,10-12,25H,3-5,7-9,13H2,1H3,(H,27,31);1H,(H,2,3). The Morgan fingerprint density at radius 2 is 2.12 bits per heavy atom. The fourth-order valence-electron chi connectivity index (χ4n) is 4.85. The first-order chi connectivity index (χ1) is 16.4. The third kappa shape index (κ3) is 4.03. The van der Waals surface area contributed by atoms with Crippen molar-refractivity contribution in [3.8, 4) is 0 Å². The van der Waals surface area contributed by atoms with Gasteiger partial charge in [0.05, 0.1) is 11.4 Å². The highest BCUT2D eigenvalue weighted by Gasteiger charge is 2.46. The molecule has 11 heteroatoms. The number of carbonyl (C=O) groups excluding carboxylic acids is 1.